The van der Waals surface area contributed by atoms with Crippen LogP contribution in [0.3, 0.4) is 0 Å². The minimum atomic E-state index is 0.132. The molecule has 4 heteroatoms. The third-order valence-corrected chi connectivity index (χ3v) is 3.06. The molecule has 0 saturated carbocycles. The molecule has 0 aliphatic carbocycles. The maximum Gasteiger partial charge on any atom is 0.136 e. The molecule has 0 bridgehead atoms. The molecule has 4 nitrogen and oxygen atoms in total. The molecule has 1 aliphatic rings. The number of ketones is 1. The lowest BCUT2D eigenvalue weighted by Gasteiger charge is -2.28. The van der Waals surface area contributed by atoms with Crippen LogP contribution in [0.2, 0.25) is 0 Å². The fourth-order valence-electron chi connectivity index (χ4n) is 2.15. The average molecular weight is 207 g/mol. The number of piperidine rings is 1. The summed E-state index contributed by atoms with van der Waals surface area (Å²) in [6, 6.07) is 0.402. The summed E-state index contributed by atoms with van der Waals surface area (Å²) in [7, 11) is 1.99. The fourth-order valence-corrected chi connectivity index (χ4v) is 2.15. The van der Waals surface area contributed by atoms with Crippen LogP contribution in [0.25, 0.3) is 0 Å². The van der Waals surface area contributed by atoms with E-state index in [0.717, 1.165) is 11.5 Å². The van der Waals surface area contributed by atoms with Gasteiger partial charge in [-0.1, -0.05) is 0 Å². The maximum atomic E-state index is 11.5. The standard InChI is InChI=1S/C11H17N3O/c1-7-4-9(15)5-10(13-7)11-6-12-8(2)14(11)3/h6-7,10,13H,4-5H2,1-3H3. The number of Topliss-reactive ketones (excluding diaryl/α,β-unsaturated/α-hetero) is 1. The summed E-state index contributed by atoms with van der Waals surface area (Å²) in [6.45, 7) is 4.02. The zero-order chi connectivity index (χ0) is 11.0. The van der Waals surface area contributed by atoms with Gasteiger partial charge in [0, 0.05) is 25.9 Å². The fraction of sp³-hybridized carbons (Fsp3) is 0.636. The lowest BCUT2D eigenvalue weighted by Crippen LogP contribution is -2.39. The van der Waals surface area contributed by atoms with Crippen LogP contribution in [0.4, 0.5) is 0 Å². The van der Waals surface area contributed by atoms with Crippen molar-refractivity contribution in [1.82, 2.24) is 14.9 Å². The summed E-state index contributed by atoms with van der Waals surface area (Å²) in [5.74, 6) is 1.32. The molecule has 1 aromatic heterocycles. The Hall–Kier alpha value is -1.16. The SMILES string of the molecule is Cc1ncc(C2CC(=O)CC(C)N2)n1C. The topological polar surface area (TPSA) is 46.9 Å². The van der Waals surface area contributed by atoms with E-state index in [1.54, 1.807) is 0 Å². The summed E-state index contributed by atoms with van der Waals surface area (Å²) >= 11 is 0. The quantitative estimate of drug-likeness (QED) is 0.750. The molecule has 2 rings (SSSR count). The summed E-state index contributed by atoms with van der Waals surface area (Å²) in [6.07, 6.45) is 3.09. The van der Waals surface area contributed by atoms with Crippen LogP contribution in [-0.4, -0.2) is 21.4 Å². The first kappa shape index (κ1) is 10.4. The Morgan fingerprint density at radius 2 is 2.27 bits per heavy atom. The van der Waals surface area contributed by atoms with E-state index in [1.807, 2.05) is 31.7 Å². The van der Waals surface area contributed by atoms with Crippen molar-refractivity contribution in [2.75, 3.05) is 0 Å². The van der Waals surface area contributed by atoms with E-state index >= 15 is 0 Å². The van der Waals surface area contributed by atoms with E-state index in [9.17, 15) is 4.79 Å². The van der Waals surface area contributed by atoms with Gasteiger partial charge in [0.15, 0.2) is 0 Å². The molecule has 2 heterocycles. The van der Waals surface area contributed by atoms with E-state index < -0.39 is 0 Å². The van der Waals surface area contributed by atoms with Crippen molar-refractivity contribution >= 4 is 5.78 Å². The minimum Gasteiger partial charge on any atom is -0.334 e. The average Bonchev–Trinajstić information content (AvgIpc) is 2.46. The highest BCUT2D eigenvalue weighted by molar-refractivity contribution is 5.80. The van der Waals surface area contributed by atoms with Crippen LogP contribution < -0.4 is 5.32 Å². The van der Waals surface area contributed by atoms with Gasteiger partial charge in [0.1, 0.15) is 11.6 Å². The molecule has 1 saturated heterocycles. The van der Waals surface area contributed by atoms with E-state index in [2.05, 4.69) is 10.3 Å². The van der Waals surface area contributed by atoms with Crippen molar-refractivity contribution in [2.45, 2.75) is 38.8 Å². The van der Waals surface area contributed by atoms with Gasteiger partial charge in [0.25, 0.3) is 0 Å². The van der Waals surface area contributed by atoms with Crippen molar-refractivity contribution < 1.29 is 4.79 Å². The third-order valence-electron chi connectivity index (χ3n) is 3.06. The van der Waals surface area contributed by atoms with Crippen molar-refractivity contribution in [1.29, 1.82) is 0 Å². The lowest BCUT2D eigenvalue weighted by atomic mass is 9.96. The number of imidazole rings is 1. The Labute approximate surface area is 89.7 Å². The Bertz CT molecular complexity index is 383. The number of nitrogens with one attached hydrogen (secondary N) is 1. The smallest absolute Gasteiger partial charge is 0.136 e. The molecular weight excluding hydrogens is 190 g/mol. The molecule has 1 fully saturated rings. The van der Waals surface area contributed by atoms with Crippen LogP contribution in [0.5, 0.6) is 0 Å². The zero-order valence-electron chi connectivity index (χ0n) is 9.45. The molecule has 1 N–H and O–H groups in total. The van der Waals surface area contributed by atoms with Gasteiger partial charge in [0.05, 0.1) is 17.9 Å². The normalized spacial score (nSPS) is 27.0. The van der Waals surface area contributed by atoms with Gasteiger partial charge < -0.3 is 9.88 Å². The van der Waals surface area contributed by atoms with Crippen LogP contribution in [0, 0.1) is 6.92 Å². The van der Waals surface area contributed by atoms with Gasteiger partial charge in [0.2, 0.25) is 0 Å². The summed E-state index contributed by atoms with van der Waals surface area (Å²) in [5, 5.41) is 3.44. The molecule has 2 unspecified atom stereocenters. The maximum absolute atomic E-state index is 11.5. The van der Waals surface area contributed by atoms with Crippen molar-refractivity contribution in [3.05, 3.63) is 17.7 Å². The van der Waals surface area contributed by atoms with Gasteiger partial charge >= 0.3 is 0 Å². The summed E-state index contributed by atoms with van der Waals surface area (Å²) in [4.78, 5) is 15.8. The number of aryl methyl sites for hydroxylation is 1. The molecule has 1 aromatic rings. The number of nitrogens with zero attached hydrogens (tertiary/aromatic N) is 2. The largest absolute Gasteiger partial charge is 0.334 e. The van der Waals surface area contributed by atoms with Crippen LogP contribution in [0.1, 0.15) is 37.3 Å². The Balaban J connectivity index is 2.23. The second-order valence-corrected chi connectivity index (χ2v) is 4.36. The molecule has 0 aromatic carbocycles. The van der Waals surface area contributed by atoms with Crippen LogP contribution in [-0.2, 0) is 11.8 Å². The van der Waals surface area contributed by atoms with E-state index in [1.165, 1.54) is 0 Å². The van der Waals surface area contributed by atoms with Gasteiger partial charge in [-0.25, -0.2) is 4.98 Å². The molecule has 1 aliphatic heterocycles. The number of rotatable bonds is 1. The number of carbonyl (C=O) groups is 1. The van der Waals surface area contributed by atoms with Gasteiger partial charge in [-0.15, -0.1) is 0 Å². The molecule has 0 spiro atoms. The predicted octanol–water partition coefficient (Wildman–Crippen LogP) is 1.11. The highest BCUT2D eigenvalue weighted by atomic mass is 16.1. The van der Waals surface area contributed by atoms with Crippen molar-refractivity contribution in [2.24, 2.45) is 7.05 Å². The van der Waals surface area contributed by atoms with Crippen molar-refractivity contribution in [3.63, 3.8) is 0 Å². The molecule has 82 valence electrons. The first-order valence-electron chi connectivity index (χ1n) is 5.34. The Morgan fingerprint density at radius 1 is 1.53 bits per heavy atom. The summed E-state index contributed by atoms with van der Waals surface area (Å²) in [5.41, 5.74) is 1.10. The van der Waals surface area contributed by atoms with Gasteiger partial charge in [-0.05, 0) is 13.8 Å². The molecule has 0 amide bonds. The van der Waals surface area contributed by atoms with E-state index in [4.69, 9.17) is 0 Å². The van der Waals surface area contributed by atoms with Crippen LogP contribution >= 0.6 is 0 Å². The second-order valence-electron chi connectivity index (χ2n) is 4.36. The van der Waals surface area contributed by atoms with E-state index in [-0.39, 0.29) is 12.1 Å². The lowest BCUT2D eigenvalue weighted by molar-refractivity contribution is -0.121. The zero-order valence-corrected chi connectivity index (χ0v) is 9.45. The molecule has 2 atom stereocenters. The number of aromatic nitrogens is 2. The highest BCUT2D eigenvalue weighted by Crippen LogP contribution is 2.23. The molecule has 0 radical (unpaired) electrons. The Kier molecular flexibility index (Phi) is 2.61. The van der Waals surface area contributed by atoms with Gasteiger partial charge in [-0.2, -0.15) is 0 Å². The summed E-state index contributed by atoms with van der Waals surface area (Å²) < 4.78 is 2.04. The Morgan fingerprint density at radius 3 is 2.80 bits per heavy atom. The number of hydrogen-bond acceptors (Lipinski definition) is 3. The number of hydrogen-bond donors (Lipinski definition) is 1. The second kappa shape index (κ2) is 3.77. The first-order valence-corrected chi connectivity index (χ1v) is 5.34. The highest BCUT2D eigenvalue weighted by Gasteiger charge is 2.26. The first-order chi connectivity index (χ1) is 7.08. The minimum absolute atomic E-state index is 0.132. The van der Waals surface area contributed by atoms with Crippen LogP contribution in [0.15, 0.2) is 6.20 Å². The monoisotopic (exact) mass is 207 g/mol. The number of carbonyl (C=O) groups excluding carboxylic acids is 1. The third kappa shape index (κ3) is 1.95. The van der Waals surface area contributed by atoms with Crippen molar-refractivity contribution in [3.8, 4) is 0 Å². The molecular formula is C11H17N3O. The van der Waals surface area contributed by atoms with Gasteiger partial charge in [-0.3, -0.25) is 4.79 Å². The van der Waals surface area contributed by atoms with E-state index in [0.29, 0.717) is 18.6 Å². The molecule has 15 heavy (non-hydrogen) atoms. The predicted molar refractivity (Wildman–Crippen MR) is 57.5 cm³/mol.